The Labute approximate surface area is 147 Å². The van der Waals surface area contributed by atoms with Crippen LogP contribution in [0.4, 0.5) is 19.3 Å². The number of hydrogen-bond donors (Lipinski definition) is 0. The molecular weight excluding hydrogens is 326 g/mol. The summed E-state index contributed by atoms with van der Waals surface area (Å²) in [4.78, 5) is 15.9. The first-order chi connectivity index (χ1) is 12.1. The van der Waals surface area contributed by atoms with Crippen molar-refractivity contribution in [2.45, 2.75) is 38.3 Å². The summed E-state index contributed by atoms with van der Waals surface area (Å²) in [7, 11) is 0. The van der Waals surface area contributed by atoms with Crippen molar-refractivity contribution in [2.75, 3.05) is 24.5 Å². The van der Waals surface area contributed by atoms with E-state index in [0.29, 0.717) is 18.8 Å². The molecule has 1 aromatic carbocycles. The molecule has 3 saturated heterocycles. The number of halogens is 2. The Kier molecular flexibility index (Phi) is 5.68. The van der Waals surface area contributed by atoms with Crippen LogP contribution in [0.2, 0.25) is 0 Å². The molecule has 0 aromatic heterocycles. The topological polar surface area (TPSA) is 32.8 Å². The molecular formula is C19H24F2N2O2. The van der Waals surface area contributed by atoms with Gasteiger partial charge in [-0.1, -0.05) is 12.1 Å². The molecule has 3 aliphatic heterocycles. The van der Waals surface area contributed by atoms with Gasteiger partial charge in [-0.2, -0.15) is 0 Å². The summed E-state index contributed by atoms with van der Waals surface area (Å²) in [6, 6.07) is 3.59. The highest BCUT2D eigenvalue weighted by atomic mass is 19.1. The fourth-order valence-corrected chi connectivity index (χ4v) is 3.65. The maximum absolute atomic E-state index is 14.2. The van der Waals surface area contributed by atoms with E-state index in [0.717, 1.165) is 49.4 Å². The first-order valence-corrected chi connectivity index (χ1v) is 8.87. The summed E-state index contributed by atoms with van der Waals surface area (Å²) in [5.74, 6) is -0.954. The van der Waals surface area contributed by atoms with E-state index in [1.807, 2.05) is 0 Å². The van der Waals surface area contributed by atoms with Crippen LogP contribution in [0.25, 0.3) is 0 Å². The Morgan fingerprint density at radius 3 is 2.56 bits per heavy atom. The third kappa shape index (κ3) is 4.00. The summed E-state index contributed by atoms with van der Waals surface area (Å²) in [6.45, 7) is 5.64. The molecule has 1 aromatic rings. The van der Waals surface area contributed by atoms with Crippen molar-refractivity contribution in [1.82, 2.24) is 4.90 Å². The quantitative estimate of drug-likeness (QED) is 0.566. The molecule has 3 fully saturated rings. The standard InChI is InChI=1S/C19H24F2N2O2/c1-2-3-4-10-23(18-15(20)6-5-7-16(18)21)19(24)25-17-13-14-8-11-22(17)12-9-14/h2,5-7,14,17H,1,3-4,8-13H2. The number of para-hydroxylation sites is 1. The van der Waals surface area contributed by atoms with Gasteiger partial charge in [-0.05, 0) is 43.7 Å². The van der Waals surface area contributed by atoms with E-state index >= 15 is 0 Å². The molecule has 0 radical (unpaired) electrons. The molecule has 1 atom stereocenters. The van der Waals surface area contributed by atoms with E-state index in [1.165, 1.54) is 6.07 Å². The summed E-state index contributed by atoms with van der Waals surface area (Å²) >= 11 is 0. The lowest BCUT2D eigenvalue weighted by Gasteiger charge is -2.44. The molecule has 3 heterocycles. The van der Waals surface area contributed by atoms with Gasteiger partial charge in [-0.15, -0.1) is 6.58 Å². The largest absolute Gasteiger partial charge is 0.430 e. The molecule has 6 heteroatoms. The number of hydrogen-bond acceptors (Lipinski definition) is 3. The Morgan fingerprint density at radius 2 is 2.00 bits per heavy atom. The maximum Gasteiger partial charge on any atom is 0.416 e. The molecule has 0 aliphatic carbocycles. The number of unbranched alkanes of at least 4 members (excludes halogenated alkanes) is 1. The number of nitrogens with zero attached hydrogens (tertiary/aromatic N) is 2. The minimum Gasteiger partial charge on any atom is -0.430 e. The minimum absolute atomic E-state index is 0.179. The van der Waals surface area contributed by atoms with Crippen LogP contribution in [0.1, 0.15) is 32.1 Å². The van der Waals surface area contributed by atoms with Gasteiger partial charge in [0.2, 0.25) is 0 Å². The predicted octanol–water partition coefficient (Wildman–Crippen LogP) is 4.32. The molecule has 136 valence electrons. The van der Waals surface area contributed by atoms with Crippen LogP contribution in [0, 0.1) is 17.6 Å². The molecule has 0 saturated carbocycles. The highest BCUT2D eigenvalue weighted by Gasteiger charge is 2.37. The molecule has 2 bridgehead atoms. The summed E-state index contributed by atoms with van der Waals surface area (Å²) in [5, 5.41) is 0. The number of anilines is 1. The van der Waals surface area contributed by atoms with Gasteiger partial charge >= 0.3 is 6.09 Å². The van der Waals surface area contributed by atoms with Crippen molar-refractivity contribution in [2.24, 2.45) is 5.92 Å². The van der Waals surface area contributed by atoms with E-state index in [4.69, 9.17) is 4.74 Å². The molecule has 1 unspecified atom stereocenters. The van der Waals surface area contributed by atoms with Crippen LogP contribution in [0.5, 0.6) is 0 Å². The number of amides is 1. The van der Waals surface area contributed by atoms with E-state index < -0.39 is 17.7 Å². The number of carbonyl (C=O) groups is 1. The van der Waals surface area contributed by atoms with Crippen molar-refractivity contribution < 1.29 is 18.3 Å². The van der Waals surface area contributed by atoms with Gasteiger partial charge in [0.1, 0.15) is 17.3 Å². The number of allylic oxidation sites excluding steroid dienone is 1. The Hall–Kier alpha value is -1.95. The normalized spacial score (nSPS) is 24.8. The second-order valence-electron chi connectivity index (χ2n) is 6.71. The lowest BCUT2D eigenvalue weighted by atomic mass is 9.87. The highest BCUT2D eigenvalue weighted by Crippen LogP contribution is 2.33. The molecule has 3 aliphatic rings. The smallest absolute Gasteiger partial charge is 0.416 e. The fourth-order valence-electron chi connectivity index (χ4n) is 3.65. The average molecular weight is 350 g/mol. The second-order valence-corrected chi connectivity index (χ2v) is 6.71. The number of piperidine rings is 3. The van der Waals surface area contributed by atoms with Crippen LogP contribution < -0.4 is 4.90 Å². The van der Waals surface area contributed by atoms with E-state index in [-0.39, 0.29) is 18.5 Å². The van der Waals surface area contributed by atoms with Gasteiger partial charge in [0.25, 0.3) is 0 Å². The first-order valence-electron chi connectivity index (χ1n) is 8.87. The van der Waals surface area contributed by atoms with Crippen molar-refractivity contribution in [3.8, 4) is 0 Å². The average Bonchev–Trinajstić information content (AvgIpc) is 2.61. The summed E-state index contributed by atoms with van der Waals surface area (Å²) in [6.07, 6.45) is 4.99. The zero-order valence-electron chi connectivity index (χ0n) is 14.3. The molecule has 0 N–H and O–H groups in total. The zero-order chi connectivity index (χ0) is 17.8. The van der Waals surface area contributed by atoms with Gasteiger partial charge in [-0.25, -0.2) is 13.6 Å². The third-order valence-electron chi connectivity index (χ3n) is 5.05. The third-order valence-corrected chi connectivity index (χ3v) is 5.05. The van der Waals surface area contributed by atoms with E-state index in [9.17, 15) is 13.6 Å². The Morgan fingerprint density at radius 1 is 1.32 bits per heavy atom. The van der Waals surface area contributed by atoms with Crippen molar-refractivity contribution in [3.63, 3.8) is 0 Å². The molecule has 25 heavy (non-hydrogen) atoms. The SMILES string of the molecule is C=CCCCN(C(=O)OC1CC2CCN1CC2)c1c(F)cccc1F. The second kappa shape index (κ2) is 7.95. The van der Waals surface area contributed by atoms with Crippen molar-refractivity contribution in [3.05, 3.63) is 42.5 Å². The van der Waals surface area contributed by atoms with Gasteiger partial charge in [0, 0.05) is 26.1 Å². The van der Waals surface area contributed by atoms with Crippen LogP contribution in [0.3, 0.4) is 0 Å². The van der Waals surface area contributed by atoms with Gasteiger partial charge in [0.05, 0.1) is 0 Å². The predicted molar refractivity (Wildman–Crippen MR) is 92.3 cm³/mol. The molecule has 1 amide bonds. The van der Waals surface area contributed by atoms with Crippen molar-refractivity contribution >= 4 is 11.8 Å². The Bertz CT molecular complexity index is 610. The molecule has 4 rings (SSSR count). The van der Waals surface area contributed by atoms with Crippen molar-refractivity contribution in [1.29, 1.82) is 0 Å². The summed E-state index contributed by atoms with van der Waals surface area (Å²) < 4.78 is 34.0. The number of ether oxygens (including phenoxy) is 1. The number of rotatable bonds is 6. The number of fused-ring (bicyclic) bond motifs is 3. The molecule has 4 nitrogen and oxygen atoms in total. The van der Waals surface area contributed by atoms with Crippen LogP contribution in [0.15, 0.2) is 30.9 Å². The first kappa shape index (κ1) is 17.9. The van der Waals surface area contributed by atoms with Gasteiger partial charge < -0.3 is 4.74 Å². The lowest BCUT2D eigenvalue weighted by Crippen LogP contribution is -2.52. The van der Waals surface area contributed by atoms with Gasteiger partial charge in [0.15, 0.2) is 6.23 Å². The number of carbonyl (C=O) groups excluding carboxylic acids is 1. The van der Waals surface area contributed by atoms with Gasteiger partial charge in [-0.3, -0.25) is 9.80 Å². The summed E-state index contributed by atoms with van der Waals surface area (Å²) in [5.41, 5.74) is -0.340. The Balaban J connectivity index is 1.76. The van der Waals surface area contributed by atoms with E-state index in [1.54, 1.807) is 6.08 Å². The molecule has 0 spiro atoms. The zero-order valence-corrected chi connectivity index (χ0v) is 14.3. The lowest BCUT2D eigenvalue weighted by molar-refractivity contribution is -0.0812. The van der Waals surface area contributed by atoms with Crippen LogP contribution in [-0.4, -0.2) is 36.9 Å². The van der Waals surface area contributed by atoms with E-state index in [2.05, 4.69) is 11.5 Å². The van der Waals surface area contributed by atoms with Crippen LogP contribution in [-0.2, 0) is 4.74 Å². The fraction of sp³-hybridized carbons (Fsp3) is 0.526. The number of benzene rings is 1. The monoisotopic (exact) mass is 350 g/mol. The minimum atomic E-state index is -0.763. The highest BCUT2D eigenvalue weighted by molar-refractivity contribution is 5.88. The van der Waals surface area contributed by atoms with Crippen LogP contribution >= 0.6 is 0 Å². The maximum atomic E-state index is 14.2.